The summed E-state index contributed by atoms with van der Waals surface area (Å²) in [6.45, 7) is 0. The second kappa shape index (κ2) is 5.93. The van der Waals surface area contributed by atoms with Gasteiger partial charge in [-0.15, -0.1) is 0 Å². The summed E-state index contributed by atoms with van der Waals surface area (Å²) in [6, 6.07) is 37.8. The first-order chi connectivity index (χ1) is 16.3. The number of hydrogen-bond donors (Lipinski definition) is 0. The van der Waals surface area contributed by atoms with Crippen LogP contribution in [0.15, 0.2) is 103 Å². The number of nitrogens with zero attached hydrogens (tertiary/aromatic N) is 2. The van der Waals surface area contributed by atoms with Crippen molar-refractivity contribution in [2.24, 2.45) is 7.05 Å². The van der Waals surface area contributed by atoms with Gasteiger partial charge in [0.2, 0.25) is 0 Å². The Morgan fingerprint density at radius 1 is 0.455 bits per heavy atom. The van der Waals surface area contributed by atoms with Crippen molar-refractivity contribution < 1.29 is 0 Å². The molecule has 0 saturated heterocycles. The van der Waals surface area contributed by atoms with Crippen LogP contribution < -0.4 is 0 Å². The predicted molar refractivity (Wildman–Crippen MR) is 141 cm³/mol. The van der Waals surface area contributed by atoms with Gasteiger partial charge in [0, 0.05) is 39.5 Å². The zero-order valence-corrected chi connectivity index (χ0v) is 18.2. The van der Waals surface area contributed by atoms with Crippen LogP contribution in [0.1, 0.15) is 0 Å². The van der Waals surface area contributed by atoms with Crippen molar-refractivity contribution in [2.75, 3.05) is 0 Å². The van der Waals surface area contributed by atoms with E-state index in [9.17, 15) is 0 Å². The van der Waals surface area contributed by atoms with E-state index in [1.54, 1.807) is 0 Å². The molecule has 154 valence electrons. The number of para-hydroxylation sites is 1. The maximum Gasteiger partial charge on any atom is 0.0626 e. The van der Waals surface area contributed by atoms with Crippen molar-refractivity contribution in [1.29, 1.82) is 0 Å². The Morgan fingerprint density at radius 3 is 2.00 bits per heavy atom. The number of fused-ring (bicyclic) bond motifs is 5. The number of hydrogen-bond acceptors (Lipinski definition) is 0. The maximum absolute atomic E-state index is 2.51. The van der Waals surface area contributed by atoms with Crippen LogP contribution in [0.3, 0.4) is 0 Å². The van der Waals surface area contributed by atoms with E-state index in [-0.39, 0.29) is 0 Å². The molecule has 3 aromatic heterocycles. The average molecular weight is 421 g/mol. The molecular formula is C31H20N2. The standard InChI is InChI=1S/C31H20N2/c1-32-25-14-7-12-21-22-18-17-20(19-9-3-2-4-10-19)28-23-11-5-6-13-24(23)33(31(22)28)27-16-8-15-26(32)30(27)29(21)25/h2-18H,1H3. The molecule has 5 aromatic carbocycles. The van der Waals surface area contributed by atoms with E-state index in [0.29, 0.717) is 0 Å². The van der Waals surface area contributed by atoms with Gasteiger partial charge in [-0.05, 0) is 40.8 Å². The molecule has 8 rings (SSSR count). The molecule has 0 bridgehead atoms. The Bertz CT molecular complexity index is 2020. The van der Waals surface area contributed by atoms with Crippen LogP contribution in [0, 0.1) is 0 Å². The highest BCUT2D eigenvalue weighted by Gasteiger charge is 2.21. The van der Waals surface area contributed by atoms with Crippen molar-refractivity contribution in [3.05, 3.63) is 103 Å². The summed E-state index contributed by atoms with van der Waals surface area (Å²) in [5.74, 6) is 0. The fourth-order valence-corrected chi connectivity index (χ4v) is 6.11. The topological polar surface area (TPSA) is 9.34 Å². The third-order valence-electron chi connectivity index (χ3n) is 7.47. The molecule has 3 heterocycles. The number of aromatic nitrogens is 2. The Labute approximate surface area is 190 Å². The van der Waals surface area contributed by atoms with Gasteiger partial charge >= 0.3 is 0 Å². The molecule has 0 spiro atoms. The molecule has 2 heteroatoms. The molecule has 0 amide bonds. The Hall–Kier alpha value is -4.30. The lowest BCUT2D eigenvalue weighted by molar-refractivity contribution is 1.01. The summed E-state index contributed by atoms with van der Waals surface area (Å²) in [4.78, 5) is 0. The van der Waals surface area contributed by atoms with Crippen LogP contribution in [0.2, 0.25) is 0 Å². The first-order valence-corrected chi connectivity index (χ1v) is 11.5. The van der Waals surface area contributed by atoms with Crippen LogP contribution >= 0.6 is 0 Å². The summed E-state index contributed by atoms with van der Waals surface area (Å²) < 4.78 is 4.85. The molecule has 0 aliphatic carbocycles. The quantitative estimate of drug-likeness (QED) is 0.253. The lowest BCUT2D eigenvalue weighted by Crippen LogP contribution is -1.89. The number of benzene rings is 5. The van der Waals surface area contributed by atoms with E-state index in [2.05, 4.69) is 119 Å². The van der Waals surface area contributed by atoms with Crippen molar-refractivity contribution in [2.45, 2.75) is 0 Å². The van der Waals surface area contributed by atoms with Gasteiger partial charge in [0.25, 0.3) is 0 Å². The zero-order valence-electron chi connectivity index (χ0n) is 18.2. The zero-order chi connectivity index (χ0) is 21.7. The van der Waals surface area contributed by atoms with E-state index < -0.39 is 0 Å². The van der Waals surface area contributed by atoms with Crippen molar-refractivity contribution in [3.63, 3.8) is 0 Å². The molecule has 0 radical (unpaired) electrons. The first kappa shape index (κ1) is 17.3. The van der Waals surface area contributed by atoms with Crippen LogP contribution in [-0.2, 0) is 7.05 Å². The minimum atomic E-state index is 1.26. The van der Waals surface area contributed by atoms with E-state index in [1.165, 1.54) is 71.0 Å². The van der Waals surface area contributed by atoms with Gasteiger partial charge in [-0.2, -0.15) is 0 Å². The van der Waals surface area contributed by atoms with Gasteiger partial charge in [-0.3, -0.25) is 0 Å². The molecule has 0 aliphatic heterocycles. The van der Waals surface area contributed by atoms with Gasteiger partial charge in [0.05, 0.1) is 22.1 Å². The smallest absolute Gasteiger partial charge is 0.0626 e. The second-order valence-corrected chi connectivity index (χ2v) is 9.03. The molecule has 33 heavy (non-hydrogen) atoms. The van der Waals surface area contributed by atoms with Gasteiger partial charge in [-0.1, -0.05) is 78.9 Å². The highest BCUT2D eigenvalue weighted by molar-refractivity contribution is 6.32. The molecule has 0 atom stereocenters. The lowest BCUT2D eigenvalue weighted by Gasteiger charge is -2.08. The fraction of sp³-hybridized carbons (Fsp3) is 0.0323. The second-order valence-electron chi connectivity index (χ2n) is 9.03. The largest absolute Gasteiger partial charge is 0.344 e. The lowest BCUT2D eigenvalue weighted by atomic mass is 9.96. The first-order valence-electron chi connectivity index (χ1n) is 11.5. The summed E-state index contributed by atoms with van der Waals surface area (Å²) in [5.41, 5.74) is 8.93. The van der Waals surface area contributed by atoms with E-state index >= 15 is 0 Å². The number of rotatable bonds is 1. The SMILES string of the molecule is Cn1c2cccc3c4ccc(-c5ccccc5)c5c6ccccc6n(c6cccc1c6c32)c45. The normalized spacial score (nSPS) is 12.4. The third-order valence-corrected chi connectivity index (χ3v) is 7.47. The molecular weight excluding hydrogens is 400 g/mol. The summed E-state index contributed by atoms with van der Waals surface area (Å²) in [7, 11) is 2.18. The molecule has 0 aliphatic rings. The summed E-state index contributed by atoms with van der Waals surface area (Å²) in [5, 5.41) is 7.94. The van der Waals surface area contributed by atoms with Gasteiger partial charge in [-0.25, -0.2) is 0 Å². The Balaban J connectivity index is 1.81. The van der Waals surface area contributed by atoms with Gasteiger partial charge in [0.1, 0.15) is 0 Å². The fourth-order valence-electron chi connectivity index (χ4n) is 6.11. The van der Waals surface area contributed by atoms with Gasteiger partial charge < -0.3 is 8.97 Å². The van der Waals surface area contributed by atoms with Gasteiger partial charge in [0.15, 0.2) is 0 Å². The Morgan fingerprint density at radius 2 is 1.12 bits per heavy atom. The van der Waals surface area contributed by atoms with E-state index in [4.69, 9.17) is 0 Å². The summed E-state index contributed by atoms with van der Waals surface area (Å²) >= 11 is 0. The van der Waals surface area contributed by atoms with E-state index in [0.717, 1.165) is 0 Å². The average Bonchev–Trinajstić information content (AvgIpc) is 3.33. The molecule has 0 saturated carbocycles. The predicted octanol–water partition coefficient (Wildman–Crippen LogP) is 8.15. The van der Waals surface area contributed by atoms with Crippen molar-refractivity contribution >= 4 is 59.9 Å². The van der Waals surface area contributed by atoms with Crippen LogP contribution in [-0.4, -0.2) is 8.97 Å². The minimum Gasteiger partial charge on any atom is -0.344 e. The van der Waals surface area contributed by atoms with Crippen LogP contribution in [0.5, 0.6) is 0 Å². The molecule has 0 N–H and O–H groups in total. The van der Waals surface area contributed by atoms with E-state index in [1.807, 2.05) is 0 Å². The minimum absolute atomic E-state index is 1.26. The monoisotopic (exact) mass is 420 g/mol. The Kier molecular flexibility index (Phi) is 3.11. The van der Waals surface area contributed by atoms with Crippen LogP contribution in [0.4, 0.5) is 0 Å². The van der Waals surface area contributed by atoms with Crippen LogP contribution in [0.25, 0.3) is 71.0 Å². The van der Waals surface area contributed by atoms with Crippen molar-refractivity contribution in [1.82, 2.24) is 8.97 Å². The number of aryl methyl sites for hydroxylation is 1. The maximum atomic E-state index is 2.51. The molecule has 2 nitrogen and oxygen atoms in total. The highest BCUT2D eigenvalue weighted by atomic mass is 15.0. The molecule has 0 unspecified atom stereocenters. The third kappa shape index (κ3) is 2.00. The molecule has 8 aromatic rings. The highest BCUT2D eigenvalue weighted by Crippen LogP contribution is 2.45. The van der Waals surface area contributed by atoms with Crippen molar-refractivity contribution in [3.8, 4) is 11.1 Å². The molecule has 0 fully saturated rings. The summed E-state index contributed by atoms with van der Waals surface area (Å²) in [6.07, 6.45) is 0.